The van der Waals surface area contributed by atoms with E-state index < -0.39 is 49.2 Å². The Hall–Kier alpha value is 0.150. The molecule has 0 aromatic carbocycles. The van der Waals surface area contributed by atoms with Crippen molar-refractivity contribution in [3.8, 4) is 0 Å². The SMILES string of the molecule is C[C@@H](C(N)=O)N(C)C(=O)[C@H](C[C@H](C)C(Cl)(Cl)Cl)NC(=O)C[C@H](C)C(Cl)(Cl)Cl. The summed E-state index contributed by atoms with van der Waals surface area (Å²) in [6, 6.07) is -1.95. The minimum absolute atomic E-state index is 0.0129. The maximum Gasteiger partial charge on any atom is 0.245 e. The average Bonchev–Trinajstić information content (AvgIpc) is 2.49. The van der Waals surface area contributed by atoms with E-state index in [1.807, 2.05) is 0 Å². The summed E-state index contributed by atoms with van der Waals surface area (Å²) in [6.07, 6.45) is -0.128. The number of halogens is 6. The molecule has 0 aliphatic carbocycles. The number of nitrogens with one attached hydrogen (secondary N) is 1. The molecule has 6 nitrogen and oxygen atoms in total. The summed E-state index contributed by atoms with van der Waals surface area (Å²) in [5.41, 5.74) is 5.23. The zero-order chi connectivity index (χ0) is 21.7. The number of hydrogen-bond donors (Lipinski definition) is 2. The molecule has 0 rings (SSSR count). The molecule has 12 heteroatoms. The van der Waals surface area contributed by atoms with E-state index in [2.05, 4.69) is 5.32 Å². The van der Waals surface area contributed by atoms with Gasteiger partial charge in [0.05, 0.1) is 0 Å². The Labute approximate surface area is 189 Å². The molecule has 27 heavy (non-hydrogen) atoms. The van der Waals surface area contributed by atoms with Crippen molar-refractivity contribution in [3.63, 3.8) is 0 Å². The molecule has 0 spiro atoms. The van der Waals surface area contributed by atoms with Crippen LogP contribution in [-0.2, 0) is 14.4 Å². The Bertz CT molecular complexity index is 550. The molecule has 0 aliphatic rings. The van der Waals surface area contributed by atoms with Crippen molar-refractivity contribution < 1.29 is 14.4 Å². The molecular formula is C15H23Cl6N3O3. The second-order valence-electron chi connectivity index (χ2n) is 6.47. The predicted molar refractivity (Wildman–Crippen MR) is 111 cm³/mol. The molecule has 0 radical (unpaired) electrons. The number of amides is 3. The van der Waals surface area contributed by atoms with E-state index in [4.69, 9.17) is 75.3 Å². The molecule has 0 heterocycles. The number of likely N-dealkylation sites (N-methyl/N-ethyl adjacent to an activating group) is 1. The van der Waals surface area contributed by atoms with Crippen molar-refractivity contribution in [2.24, 2.45) is 17.6 Å². The molecule has 0 aromatic heterocycles. The van der Waals surface area contributed by atoms with Crippen LogP contribution in [0.1, 0.15) is 33.6 Å². The van der Waals surface area contributed by atoms with Crippen molar-refractivity contribution in [3.05, 3.63) is 0 Å². The van der Waals surface area contributed by atoms with Gasteiger partial charge in [0.25, 0.3) is 0 Å². The minimum Gasteiger partial charge on any atom is -0.368 e. The Morgan fingerprint density at radius 2 is 1.41 bits per heavy atom. The molecule has 3 N–H and O–H groups in total. The third kappa shape index (κ3) is 9.46. The zero-order valence-electron chi connectivity index (χ0n) is 15.2. The van der Waals surface area contributed by atoms with Gasteiger partial charge >= 0.3 is 0 Å². The summed E-state index contributed by atoms with van der Waals surface area (Å²) in [6.45, 7) is 4.65. The van der Waals surface area contributed by atoms with Gasteiger partial charge in [0.15, 0.2) is 7.59 Å². The van der Waals surface area contributed by atoms with Crippen LogP contribution >= 0.6 is 69.6 Å². The van der Waals surface area contributed by atoms with Crippen LogP contribution in [0.2, 0.25) is 0 Å². The number of nitrogens with zero attached hydrogens (tertiary/aromatic N) is 1. The minimum atomic E-state index is -1.65. The van der Waals surface area contributed by atoms with Gasteiger partial charge in [-0.2, -0.15) is 0 Å². The first kappa shape index (κ1) is 27.1. The highest BCUT2D eigenvalue weighted by atomic mass is 35.6. The quantitative estimate of drug-likeness (QED) is 0.494. The maximum atomic E-state index is 12.8. The Morgan fingerprint density at radius 3 is 1.78 bits per heavy atom. The summed E-state index contributed by atoms with van der Waals surface area (Å²) in [5.74, 6) is -2.97. The summed E-state index contributed by atoms with van der Waals surface area (Å²) in [4.78, 5) is 37.6. The normalized spacial score (nSPS) is 16.8. The van der Waals surface area contributed by atoms with Crippen molar-refractivity contribution >= 4 is 87.3 Å². The summed E-state index contributed by atoms with van der Waals surface area (Å²) < 4.78 is -3.29. The van der Waals surface area contributed by atoms with Crippen LogP contribution in [0.15, 0.2) is 0 Å². The molecule has 0 saturated heterocycles. The molecule has 0 saturated carbocycles. The van der Waals surface area contributed by atoms with Crippen LogP contribution in [0.25, 0.3) is 0 Å². The number of hydrogen-bond acceptors (Lipinski definition) is 3. The number of carbonyl (C=O) groups is 3. The van der Waals surface area contributed by atoms with Gasteiger partial charge in [-0.1, -0.05) is 83.5 Å². The first-order chi connectivity index (χ1) is 12.0. The molecule has 0 bridgehead atoms. The van der Waals surface area contributed by atoms with Gasteiger partial charge < -0.3 is 16.0 Å². The lowest BCUT2D eigenvalue weighted by atomic mass is 10.0. The van der Waals surface area contributed by atoms with Crippen LogP contribution in [0.3, 0.4) is 0 Å². The fourth-order valence-corrected chi connectivity index (χ4v) is 2.48. The lowest BCUT2D eigenvalue weighted by molar-refractivity contribution is -0.140. The maximum absolute atomic E-state index is 12.8. The summed E-state index contributed by atoms with van der Waals surface area (Å²) in [5, 5.41) is 2.56. The van der Waals surface area contributed by atoms with Crippen molar-refractivity contribution in [2.45, 2.75) is 53.3 Å². The largest absolute Gasteiger partial charge is 0.368 e. The molecule has 0 fully saturated rings. The van der Waals surface area contributed by atoms with Gasteiger partial charge in [0.1, 0.15) is 12.1 Å². The number of nitrogens with two attached hydrogens (primary N) is 1. The Morgan fingerprint density at radius 1 is 0.963 bits per heavy atom. The number of carbonyl (C=O) groups excluding carboxylic acids is 3. The van der Waals surface area contributed by atoms with E-state index in [1.165, 1.54) is 14.0 Å². The summed E-state index contributed by atoms with van der Waals surface area (Å²) in [7, 11) is 1.39. The van der Waals surface area contributed by atoms with Gasteiger partial charge in [0, 0.05) is 25.3 Å². The molecular weight excluding hydrogens is 483 g/mol. The van der Waals surface area contributed by atoms with Gasteiger partial charge in [-0.25, -0.2) is 0 Å². The van der Waals surface area contributed by atoms with Crippen LogP contribution in [0.5, 0.6) is 0 Å². The second kappa shape index (κ2) is 10.8. The fourth-order valence-electron chi connectivity index (χ4n) is 1.98. The monoisotopic (exact) mass is 503 g/mol. The first-order valence-electron chi connectivity index (χ1n) is 7.97. The lowest BCUT2D eigenvalue weighted by Crippen LogP contribution is -2.53. The second-order valence-corrected chi connectivity index (χ2v) is 11.2. The van der Waals surface area contributed by atoms with E-state index in [-0.39, 0.29) is 12.8 Å². The molecule has 4 atom stereocenters. The van der Waals surface area contributed by atoms with Crippen molar-refractivity contribution in [1.29, 1.82) is 0 Å². The van der Waals surface area contributed by atoms with E-state index in [1.54, 1.807) is 13.8 Å². The highest BCUT2D eigenvalue weighted by Crippen LogP contribution is 2.38. The van der Waals surface area contributed by atoms with Gasteiger partial charge in [-0.05, 0) is 13.3 Å². The van der Waals surface area contributed by atoms with Crippen molar-refractivity contribution in [2.75, 3.05) is 7.05 Å². The van der Waals surface area contributed by atoms with Crippen LogP contribution < -0.4 is 11.1 Å². The molecule has 0 unspecified atom stereocenters. The van der Waals surface area contributed by atoms with E-state index in [0.29, 0.717) is 0 Å². The third-order valence-corrected chi connectivity index (χ3v) is 6.41. The molecule has 158 valence electrons. The van der Waals surface area contributed by atoms with Crippen LogP contribution in [-0.4, -0.2) is 49.3 Å². The number of primary amides is 1. The Balaban J connectivity index is 5.39. The highest BCUT2D eigenvalue weighted by molar-refractivity contribution is 6.68. The van der Waals surface area contributed by atoms with Crippen molar-refractivity contribution in [1.82, 2.24) is 10.2 Å². The highest BCUT2D eigenvalue weighted by Gasteiger charge is 2.37. The van der Waals surface area contributed by atoms with E-state index in [9.17, 15) is 14.4 Å². The van der Waals surface area contributed by atoms with Crippen LogP contribution in [0.4, 0.5) is 0 Å². The molecule has 3 amide bonds. The van der Waals surface area contributed by atoms with Gasteiger partial charge in [-0.15, -0.1) is 0 Å². The topological polar surface area (TPSA) is 92.5 Å². The molecule has 0 aromatic rings. The predicted octanol–water partition coefficient (Wildman–Crippen LogP) is 3.60. The van der Waals surface area contributed by atoms with Crippen LogP contribution in [0, 0.1) is 11.8 Å². The first-order valence-corrected chi connectivity index (χ1v) is 10.2. The van der Waals surface area contributed by atoms with E-state index in [0.717, 1.165) is 4.90 Å². The smallest absolute Gasteiger partial charge is 0.245 e. The third-order valence-electron chi connectivity index (χ3n) is 4.17. The average molecular weight is 506 g/mol. The van der Waals surface area contributed by atoms with Gasteiger partial charge in [-0.3, -0.25) is 14.4 Å². The van der Waals surface area contributed by atoms with Gasteiger partial charge in [0.2, 0.25) is 17.7 Å². The standard InChI is InChI=1S/C15H23Cl6N3O3/c1-7(14(16,17)18)5-10(13(27)24(4)9(3)12(22)26)23-11(25)6-8(2)15(19,20)21/h7-10H,5-6H2,1-4H3,(H2,22,26)(H,23,25)/t7-,8-,9-,10-/m0/s1. The van der Waals surface area contributed by atoms with E-state index >= 15 is 0 Å². The lowest BCUT2D eigenvalue weighted by Gasteiger charge is -2.31. The number of alkyl halides is 6. The number of rotatable bonds is 8. The molecule has 0 aliphatic heterocycles. The fraction of sp³-hybridized carbons (Fsp3) is 0.800. The Kier molecular flexibility index (Phi) is 10.9. The summed E-state index contributed by atoms with van der Waals surface area (Å²) >= 11 is 34.9. The zero-order valence-corrected chi connectivity index (χ0v) is 19.8.